The fourth-order valence-electron chi connectivity index (χ4n) is 1.46. The summed E-state index contributed by atoms with van der Waals surface area (Å²) in [6, 6.07) is 5.86. The monoisotopic (exact) mass is 285 g/mol. The number of sulfone groups is 1. The van der Waals surface area contributed by atoms with Crippen LogP contribution in [0.2, 0.25) is 0 Å². The molecule has 2 N–H and O–H groups in total. The minimum Gasteiger partial charge on any atom is -0.481 e. The van der Waals surface area contributed by atoms with Gasteiger partial charge in [0, 0.05) is 6.54 Å². The highest BCUT2D eigenvalue weighted by atomic mass is 32.2. The third kappa shape index (κ3) is 4.06. The molecule has 6 nitrogen and oxygen atoms in total. The van der Waals surface area contributed by atoms with Gasteiger partial charge in [0.15, 0.2) is 9.84 Å². The van der Waals surface area contributed by atoms with Crippen LogP contribution in [-0.2, 0) is 14.6 Å². The lowest BCUT2D eigenvalue weighted by Gasteiger charge is -2.09. The lowest BCUT2D eigenvalue weighted by Crippen LogP contribution is -2.27. The Balaban J connectivity index is 2.95. The van der Waals surface area contributed by atoms with Crippen LogP contribution in [-0.4, -0.2) is 37.7 Å². The standard InChI is InChI=1S/C12H15NO5S/c1-2-19(17,18)10-6-4-3-5-9(10)12(16)13-8-7-11(14)15/h3-6H,2,7-8H2,1H3,(H,13,16)(H,14,15). The highest BCUT2D eigenvalue weighted by molar-refractivity contribution is 7.91. The second kappa shape index (κ2) is 6.33. The van der Waals surface area contributed by atoms with Crippen LogP contribution in [0.4, 0.5) is 0 Å². The summed E-state index contributed by atoms with van der Waals surface area (Å²) in [4.78, 5) is 22.1. The predicted octanol–water partition coefficient (Wildman–Crippen LogP) is 0.685. The summed E-state index contributed by atoms with van der Waals surface area (Å²) in [5.74, 6) is -1.73. The van der Waals surface area contributed by atoms with E-state index in [1.165, 1.54) is 25.1 Å². The van der Waals surface area contributed by atoms with Crippen LogP contribution in [0.1, 0.15) is 23.7 Å². The van der Waals surface area contributed by atoms with E-state index in [0.29, 0.717) is 0 Å². The Hall–Kier alpha value is -1.89. The topological polar surface area (TPSA) is 101 Å². The van der Waals surface area contributed by atoms with E-state index in [2.05, 4.69) is 5.32 Å². The molecule has 104 valence electrons. The molecular weight excluding hydrogens is 270 g/mol. The van der Waals surface area contributed by atoms with Crippen LogP contribution in [0.3, 0.4) is 0 Å². The first-order valence-electron chi connectivity index (χ1n) is 5.70. The molecule has 0 unspecified atom stereocenters. The maximum absolute atomic E-state index is 11.8. The molecule has 1 amide bonds. The first-order chi connectivity index (χ1) is 8.88. The highest BCUT2D eigenvalue weighted by Crippen LogP contribution is 2.16. The van der Waals surface area contributed by atoms with Gasteiger partial charge in [-0.1, -0.05) is 19.1 Å². The molecule has 19 heavy (non-hydrogen) atoms. The second-order valence-corrected chi connectivity index (χ2v) is 6.05. The predicted molar refractivity (Wildman–Crippen MR) is 68.8 cm³/mol. The van der Waals surface area contributed by atoms with Gasteiger partial charge in [0.2, 0.25) is 0 Å². The molecule has 1 rings (SSSR count). The van der Waals surface area contributed by atoms with Crippen molar-refractivity contribution in [1.29, 1.82) is 0 Å². The zero-order valence-corrected chi connectivity index (χ0v) is 11.2. The Morgan fingerprint density at radius 3 is 2.47 bits per heavy atom. The number of hydrogen-bond donors (Lipinski definition) is 2. The number of carboxylic acids is 1. The van der Waals surface area contributed by atoms with Gasteiger partial charge < -0.3 is 10.4 Å². The maximum Gasteiger partial charge on any atom is 0.305 e. The Morgan fingerprint density at radius 2 is 1.89 bits per heavy atom. The molecule has 0 aliphatic heterocycles. The quantitative estimate of drug-likeness (QED) is 0.800. The van der Waals surface area contributed by atoms with Gasteiger partial charge in [0.05, 0.1) is 22.6 Å². The van der Waals surface area contributed by atoms with E-state index in [9.17, 15) is 18.0 Å². The number of nitrogens with one attached hydrogen (secondary N) is 1. The van der Waals surface area contributed by atoms with Crippen molar-refractivity contribution in [1.82, 2.24) is 5.32 Å². The van der Waals surface area contributed by atoms with Gasteiger partial charge in [0.25, 0.3) is 5.91 Å². The minimum absolute atomic E-state index is 0.0367. The van der Waals surface area contributed by atoms with Crippen LogP contribution in [0.25, 0.3) is 0 Å². The Morgan fingerprint density at radius 1 is 1.26 bits per heavy atom. The van der Waals surface area contributed by atoms with Crippen LogP contribution < -0.4 is 5.32 Å². The Bertz CT molecular complexity index is 580. The number of carboxylic acid groups (broad SMARTS) is 1. The zero-order valence-electron chi connectivity index (χ0n) is 10.4. The summed E-state index contributed by atoms with van der Waals surface area (Å²) >= 11 is 0. The lowest BCUT2D eigenvalue weighted by molar-refractivity contribution is -0.136. The molecule has 0 spiro atoms. The Kier molecular flexibility index (Phi) is 5.05. The summed E-state index contributed by atoms with van der Waals surface area (Å²) in [5.41, 5.74) is 0.0368. The van der Waals surface area contributed by atoms with Gasteiger partial charge in [0.1, 0.15) is 0 Å². The summed E-state index contributed by atoms with van der Waals surface area (Å²) in [6.45, 7) is 1.45. The molecule has 0 aliphatic carbocycles. The molecule has 0 atom stereocenters. The first kappa shape index (κ1) is 15.2. The number of carbonyl (C=O) groups excluding carboxylic acids is 1. The normalized spacial score (nSPS) is 11.0. The molecule has 7 heteroatoms. The molecule has 0 bridgehead atoms. The van der Waals surface area contributed by atoms with Gasteiger partial charge in [-0.05, 0) is 12.1 Å². The van der Waals surface area contributed by atoms with E-state index < -0.39 is 21.7 Å². The first-order valence-corrected chi connectivity index (χ1v) is 7.35. The van der Waals surface area contributed by atoms with Crippen LogP contribution >= 0.6 is 0 Å². The fraction of sp³-hybridized carbons (Fsp3) is 0.333. The number of amides is 1. The van der Waals surface area contributed by atoms with Crippen molar-refractivity contribution < 1.29 is 23.1 Å². The van der Waals surface area contributed by atoms with Crippen molar-refractivity contribution >= 4 is 21.7 Å². The summed E-state index contributed by atoms with van der Waals surface area (Å²) < 4.78 is 23.7. The van der Waals surface area contributed by atoms with Crippen LogP contribution in [0.15, 0.2) is 29.2 Å². The van der Waals surface area contributed by atoms with E-state index in [4.69, 9.17) is 5.11 Å². The van der Waals surface area contributed by atoms with E-state index in [1.54, 1.807) is 6.07 Å². The molecule has 0 fully saturated rings. The van der Waals surface area contributed by atoms with Gasteiger partial charge >= 0.3 is 5.97 Å². The smallest absolute Gasteiger partial charge is 0.305 e. The SMILES string of the molecule is CCS(=O)(=O)c1ccccc1C(=O)NCCC(=O)O. The molecule has 0 radical (unpaired) electrons. The molecule has 0 aromatic heterocycles. The van der Waals surface area contributed by atoms with E-state index in [0.717, 1.165) is 0 Å². The number of aliphatic carboxylic acids is 1. The van der Waals surface area contributed by atoms with Crippen molar-refractivity contribution in [3.05, 3.63) is 29.8 Å². The van der Waals surface area contributed by atoms with Crippen molar-refractivity contribution in [2.45, 2.75) is 18.2 Å². The van der Waals surface area contributed by atoms with Crippen molar-refractivity contribution in [3.63, 3.8) is 0 Å². The third-order valence-electron chi connectivity index (χ3n) is 2.47. The average Bonchev–Trinajstić information content (AvgIpc) is 2.38. The lowest BCUT2D eigenvalue weighted by atomic mass is 10.2. The fourth-order valence-corrected chi connectivity index (χ4v) is 2.55. The molecule has 0 saturated heterocycles. The van der Waals surface area contributed by atoms with E-state index in [1.807, 2.05) is 0 Å². The number of hydrogen-bond acceptors (Lipinski definition) is 4. The van der Waals surface area contributed by atoms with Crippen LogP contribution in [0.5, 0.6) is 0 Å². The van der Waals surface area contributed by atoms with E-state index in [-0.39, 0.29) is 29.2 Å². The van der Waals surface area contributed by atoms with Gasteiger partial charge in [-0.3, -0.25) is 9.59 Å². The summed E-state index contributed by atoms with van der Waals surface area (Å²) in [6.07, 6.45) is -0.214. The second-order valence-electron chi connectivity index (χ2n) is 3.80. The van der Waals surface area contributed by atoms with Crippen LogP contribution in [0, 0.1) is 0 Å². The number of benzene rings is 1. The molecule has 1 aromatic carbocycles. The molecule has 0 saturated carbocycles. The molecule has 0 aliphatic rings. The average molecular weight is 285 g/mol. The highest BCUT2D eigenvalue weighted by Gasteiger charge is 2.20. The van der Waals surface area contributed by atoms with Gasteiger partial charge in [-0.2, -0.15) is 0 Å². The van der Waals surface area contributed by atoms with E-state index >= 15 is 0 Å². The van der Waals surface area contributed by atoms with Crippen molar-refractivity contribution in [3.8, 4) is 0 Å². The third-order valence-corrected chi connectivity index (χ3v) is 4.26. The van der Waals surface area contributed by atoms with Gasteiger partial charge in [-0.25, -0.2) is 8.42 Å². The number of rotatable bonds is 6. The van der Waals surface area contributed by atoms with Gasteiger partial charge in [-0.15, -0.1) is 0 Å². The summed E-state index contributed by atoms with van der Waals surface area (Å²) in [7, 11) is -3.49. The largest absolute Gasteiger partial charge is 0.481 e. The molecule has 1 aromatic rings. The Labute approximate surface area is 111 Å². The number of carbonyl (C=O) groups is 2. The summed E-state index contributed by atoms with van der Waals surface area (Å²) in [5, 5.41) is 10.9. The molecular formula is C12H15NO5S. The minimum atomic E-state index is -3.49. The molecule has 0 heterocycles. The van der Waals surface area contributed by atoms with Crippen molar-refractivity contribution in [2.75, 3.05) is 12.3 Å². The zero-order chi connectivity index (χ0) is 14.5. The maximum atomic E-state index is 11.8. The van der Waals surface area contributed by atoms with Crippen molar-refractivity contribution in [2.24, 2.45) is 0 Å².